The van der Waals surface area contributed by atoms with E-state index >= 15 is 0 Å². The van der Waals surface area contributed by atoms with Crippen LogP contribution in [0.4, 0.5) is 9.18 Å². The maximum absolute atomic E-state index is 13.5. The van der Waals surface area contributed by atoms with Gasteiger partial charge in [-0.2, -0.15) is 0 Å². The number of piperidine rings is 1. The van der Waals surface area contributed by atoms with Crippen LogP contribution in [0, 0.1) is 12.7 Å². The van der Waals surface area contributed by atoms with E-state index in [-0.39, 0.29) is 17.9 Å². The molecule has 2 unspecified atom stereocenters. The maximum Gasteiger partial charge on any atom is 0.407 e. The SMILES string of the molecule is Cc1ccc(F)cc1C1CC(NC(=O)OC(C)(C)C)CCN1. The molecule has 1 aliphatic rings. The van der Waals surface area contributed by atoms with Crippen LogP contribution in [0.5, 0.6) is 0 Å². The predicted octanol–water partition coefficient (Wildman–Crippen LogP) is 3.45. The van der Waals surface area contributed by atoms with Crippen LogP contribution in [0.2, 0.25) is 0 Å². The van der Waals surface area contributed by atoms with E-state index in [9.17, 15) is 9.18 Å². The summed E-state index contributed by atoms with van der Waals surface area (Å²) in [5, 5.41) is 6.31. The molecule has 5 heteroatoms. The van der Waals surface area contributed by atoms with E-state index in [0.717, 1.165) is 30.5 Å². The fourth-order valence-electron chi connectivity index (χ4n) is 2.75. The summed E-state index contributed by atoms with van der Waals surface area (Å²) in [6, 6.07) is 4.91. The Balaban J connectivity index is 2.00. The van der Waals surface area contributed by atoms with Crippen molar-refractivity contribution >= 4 is 6.09 Å². The van der Waals surface area contributed by atoms with Crippen LogP contribution >= 0.6 is 0 Å². The lowest BCUT2D eigenvalue weighted by Gasteiger charge is -2.32. The number of halogens is 1. The Morgan fingerprint density at radius 1 is 1.41 bits per heavy atom. The Labute approximate surface area is 131 Å². The van der Waals surface area contributed by atoms with Crippen LogP contribution < -0.4 is 10.6 Å². The van der Waals surface area contributed by atoms with Crippen molar-refractivity contribution in [3.63, 3.8) is 0 Å². The molecule has 1 amide bonds. The molecule has 1 aromatic rings. The van der Waals surface area contributed by atoms with Gasteiger partial charge in [-0.15, -0.1) is 0 Å². The summed E-state index contributed by atoms with van der Waals surface area (Å²) in [6.07, 6.45) is 1.17. The molecule has 0 spiro atoms. The summed E-state index contributed by atoms with van der Waals surface area (Å²) in [4.78, 5) is 11.9. The minimum atomic E-state index is -0.504. The molecule has 0 saturated carbocycles. The zero-order valence-corrected chi connectivity index (χ0v) is 13.7. The number of alkyl carbamates (subject to hydrolysis) is 1. The Morgan fingerprint density at radius 3 is 2.82 bits per heavy atom. The van der Waals surface area contributed by atoms with E-state index in [4.69, 9.17) is 4.74 Å². The van der Waals surface area contributed by atoms with Crippen molar-refractivity contribution in [3.05, 3.63) is 35.1 Å². The van der Waals surface area contributed by atoms with Gasteiger partial charge in [0.1, 0.15) is 11.4 Å². The van der Waals surface area contributed by atoms with Gasteiger partial charge >= 0.3 is 6.09 Å². The standard InChI is InChI=1S/C17H25FN2O2/c1-11-5-6-12(18)9-14(11)15-10-13(7-8-19-15)20-16(21)22-17(2,3)4/h5-6,9,13,15,19H,7-8,10H2,1-4H3,(H,20,21). The Kier molecular flexibility index (Phi) is 5.06. The largest absolute Gasteiger partial charge is 0.444 e. The average molecular weight is 308 g/mol. The minimum absolute atomic E-state index is 0.0313. The first-order valence-corrected chi connectivity index (χ1v) is 7.73. The van der Waals surface area contributed by atoms with Gasteiger partial charge in [-0.3, -0.25) is 0 Å². The average Bonchev–Trinajstić information content (AvgIpc) is 2.39. The molecule has 1 saturated heterocycles. The zero-order valence-electron chi connectivity index (χ0n) is 13.7. The van der Waals surface area contributed by atoms with Crippen molar-refractivity contribution in [1.82, 2.24) is 10.6 Å². The molecule has 2 rings (SSSR count). The number of benzene rings is 1. The normalized spacial score (nSPS) is 22.2. The van der Waals surface area contributed by atoms with Gasteiger partial charge < -0.3 is 15.4 Å². The fraction of sp³-hybridized carbons (Fsp3) is 0.588. The number of nitrogens with one attached hydrogen (secondary N) is 2. The van der Waals surface area contributed by atoms with E-state index in [1.165, 1.54) is 6.07 Å². The molecule has 1 aliphatic heterocycles. The Bertz CT molecular complexity index is 540. The number of rotatable bonds is 2. The third kappa shape index (κ3) is 4.70. The predicted molar refractivity (Wildman–Crippen MR) is 84.3 cm³/mol. The quantitative estimate of drug-likeness (QED) is 0.880. The lowest BCUT2D eigenvalue weighted by molar-refractivity contribution is 0.0490. The highest BCUT2D eigenvalue weighted by molar-refractivity contribution is 5.68. The second-order valence-corrected chi connectivity index (χ2v) is 6.88. The van der Waals surface area contributed by atoms with Gasteiger partial charge in [0.15, 0.2) is 0 Å². The van der Waals surface area contributed by atoms with Gasteiger partial charge in [-0.1, -0.05) is 6.07 Å². The highest BCUT2D eigenvalue weighted by Crippen LogP contribution is 2.26. The number of hydrogen-bond donors (Lipinski definition) is 2. The van der Waals surface area contributed by atoms with Crippen LogP contribution in [0.1, 0.15) is 50.8 Å². The van der Waals surface area contributed by atoms with Crippen LogP contribution in [0.25, 0.3) is 0 Å². The first kappa shape index (κ1) is 16.7. The van der Waals surface area contributed by atoms with E-state index in [0.29, 0.717) is 0 Å². The van der Waals surface area contributed by atoms with Crippen molar-refractivity contribution in [3.8, 4) is 0 Å². The van der Waals surface area contributed by atoms with Crippen LogP contribution in [-0.2, 0) is 4.74 Å². The van der Waals surface area contributed by atoms with E-state index in [2.05, 4.69) is 10.6 Å². The van der Waals surface area contributed by atoms with E-state index < -0.39 is 11.7 Å². The molecule has 122 valence electrons. The topological polar surface area (TPSA) is 50.4 Å². The lowest BCUT2D eigenvalue weighted by Crippen LogP contribution is -2.45. The van der Waals surface area contributed by atoms with Gasteiger partial charge in [0.25, 0.3) is 0 Å². The van der Waals surface area contributed by atoms with Gasteiger partial charge in [0.05, 0.1) is 0 Å². The third-order valence-corrected chi connectivity index (χ3v) is 3.74. The van der Waals surface area contributed by atoms with Crippen molar-refractivity contribution in [2.24, 2.45) is 0 Å². The first-order chi connectivity index (χ1) is 10.2. The number of amides is 1. The molecule has 1 heterocycles. The molecule has 1 aromatic carbocycles. The molecule has 4 nitrogen and oxygen atoms in total. The Hall–Kier alpha value is -1.62. The van der Waals surface area contributed by atoms with Gasteiger partial charge in [0, 0.05) is 12.1 Å². The highest BCUT2D eigenvalue weighted by atomic mass is 19.1. The smallest absolute Gasteiger partial charge is 0.407 e. The van der Waals surface area contributed by atoms with Crippen LogP contribution in [-0.4, -0.2) is 24.3 Å². The maximum atomic E-state index is 13.5. The van der Waals surface area contributed by atoms with Crippen LogP contribution in [0.3, 0.4) is 0 Å². The van der Waals surface area contributed by atoms with Crippen molar-refractivity contribution < 1.29 is 13.9 Å². The van der Waals surface area contributed by atoms with Gasteiger partial charge in [-0.05, 0) is 70.3 Å². The number of aryl methyl sites for hydroxylation is 1. The summed E-state index contributed by atoms with van der Waals surface area (Å²) in [5.41, 5.74) is 1.50. The molecule has 0 aliphatic carbocycles. The molecule has 0 aromatic heterocycles. The molecule has 1 fully saturated rings. The highest BCUT2D eigenvalue weighted by Gasteiger charge is 2.26. The summed E-state index contributed by atoms with van der Waals surface area (Å²) >= 11 is 0. The van der Waals surface area contributed by atoms with E-state index in [1.807, 2.05) is 27.7 Å². The number of carbonyl (C=O) groups is 1. The van der Waals surface area contributed by atoms with Crippen molar-refractivity contribution in [2.75, 3.05) is 6.54 Å². The minimum Gasteiger partial charge on any atom is -0.444 e. The lowest BCUT2D eigenvalue weighted by atomic mass is 9.91. The zero-order chi connectivity index (χ0) is 16.3. The molecule has 2 N–H and O–H groups in total. The second kappa shape index (κ2) is 6.65. The van der Waals surface area contributed by atoms with Gasteiger partial charge in [0.2, 0.25) is 0 Å². The fourth-order valence-corrected chi connectivity index (χ4v) is 2.75. The molecule has 22 heavy (non-hydrogen) atoms. The first-order valence-electron chi connectivity index (χ1n) is 7.73. The van der Waals surface area contributed by atoms with Gasteiger partial charge in [-0.25, -0.2) is 9.18 Å². The van der Waals surface area contributed by atoms with E-state index in [1.54, 1.807) is 12.1 Å². The molecule has 0 bridgehead atoms. The summed E-state index contributed by atoms with van der Waals surface area (Å²) < 4.78 is 18.8. The molecule has 2 atom stereocenters. The van der Waals surface area contributed by atoms with Crippen molar-refractivity contribution in [2.45, 2.75) is 58.2 Å². The summed E-state index contributed by atoms with van der Waals surface area (Å²) in [5.74, 6) is -0.232. The summed E-state index contributed by atoms with van der Waals surface area (Å²) in [7, 11) is 0. The van der Waals surface area contributed by atoms with Crippen molar-refractivity contribution in [1.29, 1.82) is 0 Å². The molecular formula is C17H25FN2O2. The molecular weight excluding hydrogens is 283 g/mol. The third-order valence-electron chi connectivity index (χ3n) is 3.74. The number of ether oxygens (including phenoxy) is 1. The molecule has 0 radical (unpaired) electrons. The van der Waals surface area contributed by atoms with Crippen LogP contribution in [0.15, 0.2) is 18.2 Å². The number of hydrogen-bond acceptors (Lipinski definition) is 3. The number of carbonyl (C=O) groups excluding carboxylic acids is 1. The Morgan fingerprint density at radius 2 is 2.14 bits per heavy atom. The monoisotopic (exact) mass is 308 g/mol. The summed E-state index contributed by atoms with van der Waals surface area (Å²) in [6.45, 7) is 8.28. The second-order valence-electron chi connectivity index (χ2n) is 6.88.